The molecular formula is C27H40N5O3P. The molecule has 2 aromatic carbocycles. The number of hydrogen-bond donors (Lipinski definition) is 3. The molecule has 0 spiro atoms. The van der Waals surface area contributed by atoms with E-state index in [1.807, 2.05) is 76.0 Å². The van der Waals surface area contributed by atoms with Crippen LogP contribution in [0.4, 0.5) is 5.69 Å². The van der Waals surface area contributed by atoms with E-state index < -0.39 is 0 Å². The summed E-state index contributed by atoms with van der Waals surface area (Å²) in [5.74, 6) is 5.83. The van der Waals surface area contributed by atoms with E-state index >= 15 is 0 Å². The highest BCUT2D eigenvalue weighted by Gasteiger charge is 2.27. The molecule has 36 heavy (non-hydrogen) atoms. The Morgan fingerprint density at radius 2 is 1.67 bits per heavy atom. The van der Waals surface area contributed by atoms with Crippen molar-refractivity contribution in [2.45, 2.75) is 45.8 Å². The maximum atomic E-state index is 13.4. The zero-order valence-corrected chi connectivity index (χ0v) is 23.2. The van der Waals surface area contributed by atoms with Crippen LogP contribution in [0.3, 0.4) is 0 Å². The molecule has 3 rings (SSSR count). The van der Waals surface area contributed by atoms with Crippen LogP contribution in [0.2, 0.25) is 0 Å². The van der Waals surface area contributed by atoms with Crippen LogP contribution in [0.5, 0.6) is 0 Å². The van der Waals surface area contributed by atoms with Gasteiger partial charge in [0.1, 0.15) is 0 Å². The number of rotatable bonds is 7. The summed E-state index contributed by atoms with van der Waals surface area (Å²) < 4.78 is 5.62. The molecule has 196 valence electrons. The van der Waals surface area contributed by atoms with Crippen LogP contribution in [-0.2, 0) is 20.9 Å². The highest BCUT2D eigenvalue weighted by atomic mass is 31.0. The molecule has 9 heteroatoms. The average molecular weight is 514 g/mol. The third-order valence-electron chi connectivity index (χ3n) is 5.52. The van der Waals surface area contributed by atoms with Gasteiger partial charge in [-0.3, -0.25) is 9.59 Å². The Morgan fingerprint density at radius 1 is 1.06 bits per heavy atom. The van der Waals surface area contributed by atoms with Crippen LogP contribution in [-0.4, -0.2) is 49.3 Å². The predicted octanol–water partition coefficient (Wildman–Crippen LogP) is 3.33. The van der Waals surface area contributed by atoms with Crippen LogP contribution in [0.25, 0.3) is 11.4 Å². The number of carbonyl (C=O) groups is 2. The maximum Gasteiger partial charge on any atom is 0.227 e. The minimum atomic E-state index is -0.259. The molecule has 2 aromatic rings. The number of benzene rings is 2. The third kappa shape index (κ3) is 7.79. The van der Waals surface area contributed by atoms with E-state index in [0.717, 1.165) is 16.7 Å². The number of fused-ring (bicyclic) bond motifs is 2. The second-order valence-corrected chi connectivity index (χ2v) is 9.34. The van der Waals surface area contributed by atoms with Crippen molar-refractivity contribution in [1.82, 2.24) is 10.3 Å². The third-order valence-corrected chi connectivity index (χ3v) is 5.52. The van der Waals surface area contributed by atoms with E-state index in [4.69, 9.17) is 16.3 Å². The minimum Gasteiger partial charge on any atom is -0.396 e. The number of amides is 2. The first kappa shape index (κ1) is 29.3. The van der Waals surface area contributed by atoms with E-state index in [-0.39, 0.29) is 30.3 Å². The van der Waals surface area contributed by atoms with Crippen molar-refractivity contribution in [3.05, 3.63) is 65.2 Å². The van der Waals surface area contributed by atoms with Crippen molar-refractivity contribution in [2.24, 2.45) is 11.6 Å². The summed E-state index contributed by atoms with van der Waals surface area (Å²) in [6, 6.07) is 15.2. The number of nitrogens with two attached hydrogens (primary N) is 2. The fourth-order valence-electron chi connectivity index (χ4n) is 3.95. The minimum absolute atomic E-state index is 0.0791. The molecule has 5 N–H and O–H groups in total. The monoisotopic (exact) mass is 513 g/mol. The molecule has 0 bridgehead atoms. The van der Waals surface area contributed by atoms with Crippen LogP contribution in [0, 0.1) is 0 Å². The lowest BCUT2D eigenvalue weighted by molar-refractivity contribution is -0.125. The van der Waals surface area contributed by atoms with E-state index in [9.17, 15) is 9.59 Å². The summed E-state index contributed by atoms with van der Waals surface area (Å²) in [5.41, 5.74) is 10.7. The first-order valence-electron chi connectivity index (χ1n) is 12.0. The van der Waals surface area contributed by atoms with Gasteiger partial charge in [0.25, 0.3) is 0 Å². The molecular weight excluding hydrogens is 473 g/mol. The number of ether oxygens (including phenoxy) is 1. The molecule has 0 saturated heterocycles. The summed E-state index contributed by atoms with van der Waals surface area (Å²) in [7, 11) is 4.16. The summed E-state index contributed by atoms with van der Waals surface area (Å²) in [6.07, 6.45) is 0.173. The summed E-state index contributed by atoms with van der Waals surface area (Å²) >= 11 is 0. The largest absolute Gasteiger partial charge is 0.396 e. The molecule has 1 atom stereocenters. The quantitative estimate of drug-likeness (QED) is 0.227. The smallest absolute Gasteiger partial charge is 0.227 e. The highest BCUT2D eigenvalue weighted by Crippen LogP contribution is 2.36. The molecule has 0 fully saturated rings. The van der Waals surface area contributed by atoms with Gasteiger partial charge >= 0.3 is 0 Å². The van der Waals surface area contributed by atoms with Gasteiger partial charge in [-0.25, -0.2) is 5.84 Å². The van der Waals surface area contributed by atoms with Gasteiger partial charge < -0.3 is 25.7 Å². The van der Waals surface area contributed by atoms with E-state index in [0.29, 0.717) is 36.8 Å². The number of hydrogen-bond acceptors (Lipinski definition) is 6. The topological polar surface area (TPSA) is 114 Å². The lowest BCUT2D eigenvalue weighted by Crippen LogP contribution is -2.36. The van der Waals surface area contributed by atoms with Gasteiger partial charge in [0.2, 0.25) is 11.8 Å². The fraction of sp³-hybridized carbons (Fsp3) is 0.407. The number of nitrogens with zero attached hydrogens (tertiary/aromatic N) is 2. The summed E-state index contributed by atoms with van der Waals surface area (Å²) in [4.78, 5) is 27.4. The zero-order chi connectivity index (χ0) is 26.9. The molecule has 2 amide bonds. The molecule has 0 radical (unpaired) electrons. The Hall–Kier alpha value is -2.93. The van der Waals surface area contributed by atoms with Crippen molar-refractivity contribution < 1.29 is 14.3 Å². The van der Waals surface area contributed by atoms with E-state index in [1.54, 1.807) is 11.9 Å². The SMILES string of the molecule is CN(N)/C1=C(\N)c2ccccc2N(C(=O)CCC(=O)NCCOC(C)(C)C)Cc2ccccc21.CP. The van der Waals surface area contributed by atoms with Crippen LogP contribution in [0.1, 0.15) is 50.3 Å². The van der Waals surface area contributed by atoms with Gasteiger partial charge in [-0.1, -0.05) is 49.1 Å². The second kappa shape index (κ2) is 13.4. The van der Waals surface area contributed by atoms with Crippen molar-refractivity contribution >= 4 is 38.1 Å². The molecule has 1 aliphatic rings. The Balaban J connectivity index is 0.00000222. The Kier molecular flexibility index (Phi) is 10.9. The Morgan fingerprint density at radius 3 is 2.31 bits per heavy atom. The average Bonchev–Trinajstić information content (AvgIpc) is 2.84. The van der Waals surface area contributed by atoms with Gasteiger partial charge in [-0.15, -0.1) is 9.24 Å². The molecule has 8 nitrogen and oxygen atoms in total. The van der Waals surface area contributed by atoms with Crippen molar-refractivity contribution in [3.8, 4) is 0 Å². The summed E-state index contributed by atoms with van der Waals surface area (Å²) in [6.45, 7) is 8.97. The normalized spacial score (nSPS) is 14.9. The van der Waals surface area contributed by atoms with Crippen LogP contribution < -0.4 is 21.8 Å². The van der Waals surface area contributed by atoms with Gasteiger partial charge in [-0.05, 0) is 32.4 Å². The van der Waals surface area contributed by atoms with E-state index in [2.05, 4.69) is 14.6 Å². The van der Waals surface area contributed by atoms with Gasteiger partial charge in [0.05, 0.1) is 35.8 Å². The van der Waals surface area contributed by atoms with Crippen LogP contribution >= 0.6 is 9.24 Å². The first-order valence-corrected chi connectivity index (χ1v) is 13.2. The lowest BCUT2D eigenvalue weighted by atomic mass is 9.95. The molecule has 0 aliphatic carbocycles. The Labute approximate surface area is 217 Å². The van der Waals surface area contributed by atoms with E-state index in [1.165, 1.54) is 5.01 Å². The number of anilines is 1. The molecule has 1 unspecified atom stereocenters. The van der Waals surface area contributed by atoms with Crippen LogP contribution in [0.15, 0.2) is 48.5 Å². The highest BCUT2D eigenvalue weighted by molar-refractivity contribution is 7.15. The van der Waals surface area contributed by atoms with Crippen molar-refractivity contribution in [1.29, 1.82) is 0 Å². The molecule has 0 saturated carbocycles. The van der Waals surface area contributed by atoms with Gasteiger partial charge in [-0.2, -0.15) is 0 Å². The standard InChI is InChI=1S/C26H35N5O3.CH5P/c1-26(2,3)34-16-15-29-22(32)13-14-23(33)31-17-18-9-5-6-10-19(18)25(30(4)28)24(27)20-11-7-8-12-21(20)31;1-2/h5-12H,13-17,27-28H2,1-4H3,(H,29,32);2H2,1H3/b25-24-;. The molecule has 1 heterocycles. The fourth-order valence-corrected chi connectivity index (χ4v) is 3.95. The zero-order valence-electron chi connectivity index (χ0n) is 22.0. The second-order valence-electron chi connectivity index (χ2n) is 9.34. The van der Waals surface area contributed by atoms with Gasteiger partial charge in [0.15, 0.2) is 0 Å². The Bertz CT molecular complexity index is 1080. The summed E-state index contributed by atoms with van der Waals surface area (Å²) in [5, 5.41) is 4.32. The van der Waals surface area contributed by atoms with Crippen molar-refractivity contribution in [3.63, 3.8) is 0 Å². The molecule has 0 aromatic heterocycles. The lowest BCUT2D eigenvalue weighted by Gasteiger charge is -2.31. The number of carbonyl (C=O) groups excluding carboxylic acids is 2. The number of nitrogens with one attached hydrogen (secondary N) is 1. The predicted molar refractivity (Wildman–Crippen MR) is 151 cm³/mol. The number of hydrazine groups is 1. The number of para-hydroxylation sites is 1. The molecule has 1 aliphatic heterocycles. The van der Waals surface area contributed by atoms with Gasteiger partial charge in [0, 0.05) is 37.6 Å². The van der Waals surface area contributed by atoms with Crippen molar-refractivity contribution in [2.75, 3.05) is 31.8 Å². The maximum absolute atomic E-state index is 13.4. The first-order chi connectivity index (χ1) is 17.1.